The molecule has 3 N–H and O–H groups in total. The molecule has 11 heteroatoms. The summed E-state index contributed by atoms with van der Waals surface area (Å²) in [6, 6.07) is 4.99. The van der Waals surface area contributed by atoms with Gasteiger partial charge in [0.25, 0.3) is 5.82 Å². The fourth-order valence-corrected chi connectivity index (χ4v) is 2.44. The average molecular weight is 366 g/mol. The van der Waals surface area contributed by atoms with Gasteiger partial charge in [0.05, 0.1) is 5.75 Å². The maximum absolute atomic E-state index is 12.5. The smallest absolute Gasteiger partial charge is 0.335 e. The Balaban J connectivity index is 2.00. The van der Waals surface area contributed by atoms with Gasteiger partial charge in [0.15, 0.2) is 0 Å². The van der Waals surface area contributed by atoms with E-state index in [1.165, 1.54) is 0 Å². The normalized spacial score (nSPS) is 11.5. The average Bonchev–Trinajstić information content (AvgIpc) is 2.82. The van der Waals surface area contributed by atoms with E-state index in [1.54, 1.807) is 25.1 Å². The Kier molecular flexibility index (Phi) is 5.05. The predicted octanol–water partition coefficient (Wildman–Crippen LogP) is 2.70. The van der Waals surface area contributed by atoms with Gasteiger partial charge in [-0.3, -0.25) is 4.79 Å². The van der Waals surface area contributed by atoms with Crippen molar-refractivity contribution >= 4 is 35.0 Å². The third kappa shape index (κ3) is 4.29. The largest absolute Gasteiger partial charge is 0.453 e. The van der Waals surface area contributed by atoms with Crippen LogP contribution < -0.4 is 11.2 Å². The summed E-state index contributed by atoms with van der Waals surface area (Å²) in [5.74, 6) is 3.33. The highest BCUT2D eigenvalue weighted by molar-refractivity contribution is 7.99. The Morgan fingerprint density at radius 1 is 1.43 bits per heavy atom. The summed E-state index contributed by atoms with van der Waals surface area (Å²) in [7, 11) is 0. The SMILES string of the molecule is Cc1ccc(Cl)cc1NC(=O)CSc1nnc(C(F)(F)F)n1N. The molecule has 1 aromatic heterocycles. The lowest BCUT2D eigenvalue weighted by atomic mass is 10.2. The second-order valence-corrected chi connectivity index (χ2v) is 5.85. The van der Waals surface area contributed by atoms with Crippen LogP contribution in [0.2, 0.25) is 5.02 Å². The molecule has 124 valence electrons. The molecule has 6 nitrogen and oxygen atoms in total. The van der Waals surface area contributed by atoms with E-state index in [0.717, 1.165) is 17.3 Å². The lowest BCUT2D eigenvalue weighted by Gasteiger charge is -2.09. The van der Waals surface area contributed by atoms with Crippen molar-refractivity contribution in [1.29, 1.82) is 0 Å². The molecule has 0 atom stereocenters. The Morgan fingerprint density at radius 3 is 2.74 bits per heavy atom. The maximum Gasteiger partial charge on any atom is 0.453 e. The number of aryl methyl sites for hydroxylation is 1. The Hall–Kier alpha value is -1.94. The van der Waals surface area contributed by atoms with E-state index in [4.69, 9.17) is 17.4 Å². The number of nitrogens with zero attached hydrogens (tertiary/aromatic N) is 3. The monoisotopic (exact) mass is 365 g/mol. The number of rotatable bonds is 4. The van der Waals surface area contributed by atoms with E-state index < -0.39 is 17.9 Å². The number of nitrogens with one attached hydrogen (secondary N) is 1. The molecule has 2 rings (SSSR count). The summed E-state index contributed by atoms with van der Waals surface area (Å²) in [5.41, 5.74) is 1.32. The lowest BCUT2D eigenvalue weighted by Crippen LogP contribution is -2.22. The topological polar surface area (TPSA) is 85.8 Å². The first kappa shape index (κ1) is 17.4. The van der Waals surface area contributed by atoms with Gasteiger partial charge in [-0.1, -0.05) is 29.4 Å². The molecule has 0 fully saturated rings. The predicted molar refractivity (Wildman–Crippen MR) is 80.7 cm³/mol. The highest BCUT2D eigenvalue weighted by atomic mass is 35.5. The number of anilines is 1. The van der Waals surface area contributed by atoms with Crippen molar-refractivity contribution in [1.82, 2.24) is 14.9 Å². The van der Waals surface area contributed by atoms with Crippen LogP contribution in [0.15, 0.2) is 23.4 Å². The van der Waals surface area contributed by atoms with Crippen LogP contribution in [0.25, 0.3) is 0 Å². The molecule has 0 saturated heterocycles. The number of thioether (sulfide) groups is 1. The van der Waals surface area contributed by atoms with Gasteiger partial charge in [-0.05, 0) is 24.6 Å². The van der Waals surface area contributed by atoms with Gasteiger partial charge in [-0.15, -0.1) is 10.2 Å². The number of aromatic nitrogens is 3. The lowest BCUT2D eigenvalue weighted by molar-refractivity contribution is -0.146. The van der Waals surface area contributed by atoms with Gasteiger partial charge in [0.1, 0.15) is 0 Å². The number of amides is 1. The molecule has 0 unspecified atom stereocenters. The molecule has 1 heterocycles. The van der Waals surface area contributed by atoms with E-state index in [9.17, 15) is 18.0 Å². The third-order valence-electron chi connectivity index (χ3n) is 2.72. The third-order valence-corrected chi connectivity index (χ3v) is 3.90. The zero-order valence-electron chi connectivity index (χ0n) is 11.7. The van der Waals surface area contributed by atoms with Gasteiger partial charge in [-0.25, -0.2) is 4.68 Å². The highest BCUT2D eigenvalue weighted by Gasteiger charge is 2.38. The second-order valence-electron chi connectivity index (χ2n) is 4.47. The molecule has 0 radical (unpaired) electrons. The first-order valence-electron chi connectivity index (χ1n) is 6.15. The molecule has 0 bridgehead atoms. The summed E-state index contributed by atoms with van der Waals surface area (Å²) >= 11 is 6.58. The molecule has 2 aromatic rings. The molecule has 0 aliphatic heterocycles. The van der Waals surface area contributed by atoms with Gasteiger partial charge in [-0.2, -0.15) is 13.2 Å². The van der Waals surface area contributed by atoms with Crippen molar-refractivity contribution in [3.8, 4) is 0 Å². The zero-order chi connectivity index (χ0) is 17.2. The zero-order valence-corrected chi connectivity index (χ0v) is 13.3. The highest BCUT2D eigenvalue weighted by Crippen LogP contribution is 2.29. The Morgan fingerprint density at radius 2 is 2.13 bits per heavy atom. The summed E-state index contributed by atoms with van der Waals surface area (Å²) in [6.07, 6.45) is -4.71. The second kappa shape index (κ2) is 6.67. The van der Waals surface area contributed by atoms with Crippen molar-refractivity contribution < 1.29 is 18.0 Å². The molecular weight excluding hydrogens is 355 g/mol. The minimum absolute atomic E-state index is 0.181. The first-order chi connectivity index (χ1) is 10.7. The number of halogens is 4. The molecule has 0 spiro atoms. The van der Waals surface area contributed by atoms with Crippen molar-refractivity contribution in [2.45, 2.75) is 18.3 Å². The van der Waals surface area contributed by atoms with Crippen LogP contribution in [0, 0.1) is 6.92 Å². The van der Waals surface area contributed by atoms with Crippen LogP contribution >= 0.6 is 23.4 Å². The number of nitrogens with two attached hydrogens (primary N) is 1. The van der Waals surface area contributed by atoms with Gasteiger partial charge < -0.3 is 11.2 Å². The minimum atomic E-state index is -4.71. The van der Waals surface area contributed by atoms with Crippen LogP contribution in [0.5, 0.6) is 0 Å². The first-order valence-corrected chi connectivity index (χ1v) is 7.51. The molecule has 0 aliphatic rings. The number of hydrogen-bond acceptors (Lipinski definition) is 5. The van der Waals surface area contributed by atoms with Crippen molar-refractivity contribution in [2.75, 3.05) is 16.9 Å². The number of hydrogen-bond donors (Lipinski definition) is 2. The molecular formula is C12H11ClF3N5OS. The Labute approximate surface area is 138 Å². The molecule has 0 aliphatic carbocycles. The number of benzene rings is 1. The van der Waals surface area contributed by atoms with E-state index in [1.807, 2.05) is 0 Å². The number of nitrogen functional groups attached to an aromatic ring is 1. The van der Waals surface area contributed by atoms with Crippen molar-refractivity contribution in [3.05, 3.63) is 34.6 Å². The quantitative estimate of drug-likeness (QED) is 0.642. The minimum Gasteiger partial charge on any atom is -0.335 e. The summed E-state index contributed by atoms with van der Waals surface area (Å²) in [5, 5.41) is 9.14. The standard InChI is InChI=1S/C12H11ClF3N5OS/c1-6-2-3-7(13)4-8(6)18-9(22)5-23-11-20-19-10(21(11)17)12(14,15)16/h2-4H,5,17H2,1H3,(H,18,22). The Bertz CT molecular complexity index is 734. The van der Waals surface area contributed by atoms with Gasteiger partial charge in [0.2, 0.25) is 11.1 Å². The van der Waals surface area contributed by atoms with Crippen molar-refractivity contribution in [3.63, 3.8) is 0 Å². The van der Waals surface area contributed by atoms with E-state index in [-0.39, 0.29) is 10.9 Å². The molecule has 1 aromatic carbocycles. The fraction of sp³-hybridized carbons (Fsp3) is 0.250. The number of carbonyl (C=O) groups is 1. The van der Waals surface area contributed by atoms with E-state index in [0.29, 0.717) is 15.4 Å². The molecule has 23 heavy (non-hydrogen) atoms. The molecule has 1 amide bonds. The maximum atomic E-state index is 12.5. The van der Waals surface area contributed by atoms with Crippen molar-refractivity contribution in [2.24, 2.45) is 0 Å². The molecule has 0 saturated carbocycles. The van der Waals surface area contributed by atoms with E-state index in [2.05, 4.69) is 15.5 Å². The van der Waals surface area contributed by atoms with E-state index >= 15 is 0 Å². The van der Waals surface area contributed by atoms with Crippen LogP contribution in [0.4, 0.5) is 18.9 Å². The van der Waals surface area contributed by atoms with Gasteiger partial charge >= 0.3 is 6.18 Å². The summed E-state index contributed by atoms with van der Waals surface area (Å²) in [6.45, 7) is 1.78. The van der Waals surface area contributed by atoms with Crippen LogP contribution in [-0.2, 0) is 11.0 Å². The summed E-state index contributed by atoms with van der Waals surface area (Å²) in [4.78, 5) is 11.9. The number of carbonyl (C=O) groups excluding carboxylic acids is 1. The number of alkyl halides is 3. The van der Waals surface area contributed by atoms with Crippen LogP contribution in [0.3, 0.4) is 0 Å². The van der Waals surface area contributed by atoms with Crippen LogP contribution in [0.1, 0.15) is 11.4 Å². The van der Waals surface area contributed by atoms with Gasteiger partial charge in [0, 0.05) is 10.7 Å². The summed E-state index contributed by atoms with van der Waals surface area (Å²) < 4.78 is 37.9. The van der Waals surface area contributed by atoms with Crippen LogP contribution in [-0.4, -0.2) is 26.5 Å². The fourth-order valence-electron chi connectivity index (χ4n) is 1.61.